The Hall–Kier alpha value is -5.07. The van der Waals surface area contributed by atoms with E-state index in [9.17, 15) is 38.7 Å². The molecule has 5 amide bonds. The number of benzene rings is 2. The highest BCUT2D eigenvalue weighted by molar-refractivity contribution is 5.98. The first-order valence-corrected chi connectivity index (χ1v) is 14.7. The van der Waals surface area contributed by atoms with Crippen LogP contribution in [0.2, 0.25) is 0 Å². The number of Topliss-reactive ketones (excluding diaryl/α,β-unsaturated/α-hetero) is 1. The number of nitrogens with zero attached hydrogens (tertiary/aromatic N) is 1. The third-order valence-electron chi connectivity index (χ3n) is 7.82. The Balaban J connectivity index is 1.88. The molecule has 0 aliphatic carbocycles. The molecule has 1 aliphatic rings. The normalized spacial score (nSPS) is 16.5. The molecule has 0 spiro atoms. The van der Waals surface area contributed by atoms with Crippen LogP contribution in [-0.4, -0.2) is 76.0 Å². The SMILES string of the molecule is C=CC(=O)N[C@H](CC(=O)O)C(=O)N1CCCC[C@H]1C(=O)N[C@@H](Cc1ccc2ccccc2c1)C(=O)C[C@@H](CCC(N)=O)C(N)=O. The lowest BCUT2D eigenvalue weighted by Crippen LogP contribution is -2.59. The lowest BCUT2D eigenvalue weighted by atomic mass is 9.90. The molecule has 0 radical (unpaired) electrons. The van der Waals surface area contributed by atoms with E-state index in [0.29, 0.717) is 12.8 Å². The number of carboxylic acid groups (broad SMARTS) is 1. The molecule has 1 fully saturated rings. The van der Waals surface area contributed by atoms with E-state index in [1.165, 1.54) is 4.90 Å². The van der Waals surface area contributed by atoms with Gasteiger partial charge in [-0.1, -0.05) is 49.0 Å². The van der Waals surface area contributed by atoms with Gasteiger partial charge in [0.2, 0.25) is 29.5 Å². The van der Waals surface area contributed by atoms with Crippen molar-refractivity contribution < 1.29 is 38.7 Å². The van der Waals surface area contributed by atoms with E-state index >= 15 is 0 Å². The van der Waals surface area contributed by atoms with Gasteiger partial charge >= 0.3 is 5.97 Å². The summed E-state index contributed by atoms with van der Waals surface area (Å²) in [6.45, 7) is 3.46. The molecule has 7 N–H and O–H groups in total. The highest BCUT2D eigenvalue weighted by Crippen LogP contribution is 2.22. The largest absolute Gasteiger partial charge is 0.481 e. The van der Waals surface area contributed by atoms with Crippen molar-refractivity contribution in [1.82, 2.24) is 15.5 Å². The molecule has 1 aliphatic heterocycles. The third kappa shape index (κ3) is 9.98. The molecule has 0 aromatic heterocycles. The lowest BCUT2D eigenvalue weighted by Gasteiger charge is -2.37. The number of hydrogen-bond acceptors (Lipinski definition) is 7. The summed E-state index contributed by atoms with van der Waals surface area (Å²) in [5.74, 6) is -6.37. The van der Waals surface area contributed by atoms with E-state index < -0.39 is 71.8 Å². The topological polar surface area (TPSA) is 219 Å². The summed E-state index contributed by atoms with van der Waals surface area (Å²) >= 11 is 0. The second-order valence-electron chi connectivity index (χ2n) is 11.1. The van der Waals surface area contributed by atoms with Crippen LogP contribution >= 0.6 is 0 Å². The number of primary amides is 2. The van der Waals surface area contributed by atoms with Gasteiger partial charge in [-0.15, -0.1) is 0 Å². The van der Waals surface area contributed by atoms with Crippen LogP contribution < -0.4 is 22.1 Å². The minimum atomic E-state index is -1.43. The summed E-state index contributed by atoms with van der Waals surface area (Å²) in [7, 11) is 0. The predicted molar refractivity (Wildman–Crippen MR) is 164 cm³/mol. The maximum absolute atomic E-state index is 13.8. The Morgan fingerprint density at radius 2 is 1.67 bits per heavy atom. The first-order valence-electron chi connectivity index (χ1n) is 14.7. The van der Waals surface area contributed by atoms with Crippen molar-refractivity contribution in [1.29, 1.82) is 0 Å². The molecule has 0 bridgehead atoms. The maximum Gasteiger partial charge on any atom is 0.305 e. The molecule has 45 heavy (non-hydrogen) atoms. The van der Waals surface area contributed by atoms with Crippen LogP contribution in [0.3, 0.4) is 0 Å². The van der Waals surface area contributed by atoms with Crippen LogP contribution in [0.25, 0.3) is 10.8 Å². The fraction of sp³-hybridized carbons (Fsp3) is 0.406. The Bertz CT molecular complexity index is 1470. The zero-order valence-corrected chi connectivity index (χ0v) is 24.9. The van der Waals surface area contributed by atoms with Crippen molar-refractivity contribution in [3.05, 3.63) is 60.7 Å². The highest BCUT2D eigenvalue weighted by Gasteiger charge is 2.38. The van der Waals surface area contributed by atoms with Crippen LogP contribution in [0.4, 0.5) is 0 Å². The van der Waals surface area contributed by atoms with Crippen LogP contribution in [0.1, 0.15) is 50.5 Å². The molecule has 4 atom stereocenters. The summed E-state index contributed by atoms with van der Waals surface area (Å²) in [5.41, 5.74) is 11.5. The Morgan fingerprint density at radius 1 is 0.956 bits per heavy atom. The number of nitrogens with two attached hydrogens (primary N) is 2. The standard InChI is InChI=1S/C32H39N5O8/c1-2-28(40)35-24(18-29(41)42)32(45)37-14-6-5-9-25(37)31(44)36-23(26(38)17-22(30(34)43)12-13-27(33)39)16-19-10-11-20-7-3-4-8-21(20)15-19/h2-4,7-8,10-11,15,22-25H,1,5-6,9,12-14,16-18H2,(H2,33,39)(H2,34,43)(H,35,40)(H,36,44)(H,41,42)/t22-,23+,24-,25+/m1/s1. The van der Waals surface area contributed by atoms with Gasteiger partial charge in [0.15, 0.2) is 5.78 Å². The van der Waals surface area contributed by atoms with Crippen LogP contribution in [0.5, 0.6) is 0 Å². The fourth-order valence-corrected chi connectivity index (χ4v) is 5.43. The van der Waals surface area contributed by atoms with E-state index in [-0.39, 0.29) is 38.6 Å². The minimum absolute atomic E-state index is 0.0284. The Morgan fingerprint density at radius 3 is 2.31 bits per heavy atom. The molecular formula is C32H39N5O8. The number of aliphatic carboxylic acids is 1. The number of ketones is 1. The van der Waals surface area contributed by atoms with Gasteiger partial charge in [-0.2, -0.15) is 0 Å². The fourth-order valence-electron chi connectivity index (χ4n) is 5.43. The van der Waals surface area contributed by atoms with E-state index in [1.54, 1.807) is 0 Å². The Labute approximate surface area is 260 Å². The molecular weight excluding hydrogens is 582 g/mol. The van der Waals surface area contributed by atoms with Crippen molar-refractivity contribution in [2.75, 3.05) is 6.54 Å². The number of rotatable bonds is 16. The molecule has 1 heterocycles. The summed E-state index contributed by atoms with van der Waals surface area (Å²) in [6.07, 6.45) is 1.12. The summed E-state index contributed by atoms with van der Waals surface area (Å²) in [5, 5.41) is 16.3. The van der Waals surface area contributed by atoms with Gasteiger partial charge in [0, 0.05) is 25.3 Å². The van der Waals surface area contributed by atoms with E-state index in [2.05, 4.69) is 17.2 Å². The monoisotopic (exact) mass is 621 g/mol. The molecule has 13 heteroatoms. The Kier molecular flexibility index (Phi) is 12.3. The third-order valence-corrected chi connectivity index (χ3v) is 7.82. The van der Waals surface area contributed by atoms with Crippen molar-refractivity contribution in [2.45, 2.75) is 69.5 Å². The molecule has 0 saturated carbocycles. The smallest absolute Gasteiger partial charge is 0.305 e. The number of piperidine rings is 1. The molecule has 2 aromatic carbocycles. The number of carboxylic acids is 1. The van der Waals surface area contributed by atoms with Crippen molar-refractivity contribution in [3.63, 3.8) is 0 Å². The highest BCUT2D eigenvalue weighted by atomic mass is 16.4. The average Bonchev–Trinajstić information content (AvgIpc) is 3.01. The van der Waals surface area contributed by atoms with Crippen LogP contribution in [0, 0.1) is 5.92 Å². The van der Waals surface area contributed by atoms with E-state index in [4.69, 9.17) is 11.5 Å². The number of amides is 5. The van der Waals surface area contributed by atoms with Gasteiger partial charge in [-0.25, -0.2) is 0 Å². The second-order valence-corrected chi connectivity index (χ2v) is 11.1. The maximum atomic E-state index is 13.8. The first-order chi connectivity index (χ1) is 21.4. The molecule has 3 rings (SSSR count). The number of nitrogens with one attached hydrogen (secondary N) is 2. The molecule has 0 unspecified atom stereocenters. The number of fused-ring (bicyclic) bond motifs is 1. The summed E-state index contributed by atoms with van der Waals surface area (Å²) in [4.78, 5) is 88.9. The molecule has 1 saturated heterocycles. The van der Waals surface area contributed by atoms with Gasteiger partial charge in [0.05, 0.1) is 12.5 Å². The summed E-state index contributed by atoms with van der Waals surface area (Å²) in [6, 6.07) is 9.60. The predicted octanol–water partition coefficient (Wildman–Crippen LogP) is 0.720. The molecule has 13 nitrogen and oxygen atoms in total. The van der Waals surface area contributed by atoms with Crippen LogP contribution in [-0.2, 0) is 40.0 Å². The quantitative estimate of drug-likeness (QED) is 0.168. The van der Waals surface area contributed by atoms with E-state index in [0.717, 1.165) is 22.4 Å². The zero-order valence-electron chi connectivity index (χ0n) is 24.9. The van der Waals surface area contributed by atoms with Crippen molar-refractivity contribution >= 4 is 52.1 Å². The zero-order chi connectivity index (χ0) is 33.1. The number of likely N-dealkylation sites (tertiary alicyclic amines) is 1. The van der Waals surface area contributed by atoms with Gasteiger partial charge < -0.3 is 32.1 Å². The van der Waals surface area contributed by atoms with Crippen LogP contribution in [0.15, 0.2) is 55.1 Å². The van der Waals surface area contributed by atoms with Gasteiger partial charge in [0.1, 0.15) is 12.1 Å². The number of carbonyl (C=O) groups excluding carboxylic acids is 6. The van der Waals surface area contributed by atoms with Gasteiger partial charge in [-0.05, 0) is 54.5 Å². The van der Waals surface area contributed by atoms with Crippen molar-refractivity contribution in [2.24, 2.45) is 17.4 Å². The first kappa shape index (κ1) is 34.4. The second kappa shape index (κ2) is 16.1. The minimum Gasteiger partial charge on any atom is -0.481 e. The van der Waals surface area contributed by atoms with Gasteiger partial charge in [0.25, 0.3) is 0 Å². The lowest BCUT2D eigenvalue weighted by molar-refractivity contribution is -0.148. The average molecular weight is 622 g/mol. The number of hydrogen-bond donors (Lipinski definition) is 5. The summed E-state index contributed by atoms with van der Waals surface area (Å²) < 4.78 is 0. The van der Waals surface area contributed by atoms with Gasteiger partial charge in [-0.3, -0.25) is 33.6 Å². The molecule has 240 valence electrons. The van der Waals surface area contributed by atoms with Crippen molar-refractivity contribution in [3.8, 4) is 0 Å². The molecule has 2 aromatic rings. The van der Waals surface area contributed by atoms with E-state index in [1.807, 2.05) is 42.5 Å². The number of carbonyl (C=O) groups is 7.